The van der Waals surface area contributed by atoms with E-state index >= 15 is 0 Å². The van der Waals surface area contributed by atoms with Crippen LogP contribution >= 0.6 is 27.5 Å². The molecule has 1 atom stereocenters. The van der Waals surface area contributed by atoms with Crippen molar-refractivity contribution in [1.82, 2.24) is 14.7 Å². The van der Waals surface area contributed by atoms with E-state index in [1.54, 1.807) is 0 Å². The summed E-state index contributed by atoms with van der Waals surface area (Å²) in [5.74, 6) is 0.679. The van der Waals surface area contributed by atoms with Gasteiger partial charge in [-0.05, 0) is 68.0 Å². The lowest BCUT2D eigenvalue weighted by Crippen LogP contribution is -2.36. The molecule has 1 aliphatic rings. The summed E-state index contributed by atoms with van der Waals surface area (Å²) in [6, 6.07) is 0. The number of halogens is 2. The fourth-order valence-corrected chi connectivity index (χ4v) is 3.89. The van der Waals surface area contributed by atoms with E-state index in [9.17, 15) is 0 Å². The SMILES string of the molecule is CCc1nn(CC)c(CN2CCC(C(C)Cl)CC2)c1Br. The number of alkyl halides is 1. The number of likely N-dealkylation sites (tertiary alicyclic amines) is 1. The quantitative estimate of drug-likeness (QED) is 0.736. The summed E-state index contributed by atoms with van der Waals surface area (Å²) >= 11 is 9.95. The predicted molar refractivity (Wildman–Crippen MR) is 88.3 cm³/mol. The van der Waals surface area contributed by atoms with Crippen molar-refractivity contribution in [2.75, 3.05) is 13.1 Å². The van der Waals surface area contributed by atoms with E-state index in [1.807, 2.05) is 0 Å². The van der Waals surface area contributed by atoms with Gasteiger partial charge in [0, 0.05) is 18.5 Å². The zero-order valence-corrected chi connectivity index (χ0v) is 15.0. The summed E-state index contributed by atoms with van der Waals surface area (Å²) in [5, 5.41) is 4.98. The van der Waals surface area contributed by atoms with Gasteiger partial charge in [0.1, 0.15) is 0 Å². The molecule has 1 unspecified atom stereocenters. The maximum atomic E-state index is 6.22. The molecule has 2 rings (SSSR count). The summed E-state index contributed by atoms with van der Waals surface area (Å²) in [6.45, 7) is 10.6. The molecule has 1 fully saturated rings. The average Bonchev–Trinajstić information content (AvgIpc) is 2.76. The Morgan fingerprint density at radius 1 is 1.35 bits per heavy atom. The molecular weight excluding hydrogens is 338 g/mol. The van der Waals surface area contributed by atoms with Gasteiger partial charge in [-0.3, -0.25) is 9.58 Å². The molecule has 1 aliphatic heterocycles. The van der Waals surface area contributed by atoms with E-state index in [2.05, 4.69) is 51.4 Å². The standard InChI is InChI=1S/C15H25BrClN3/c1-4-13-15(16)14(20(5-2)18-13)10-19-8-6-12(7-9-19)11(3)17/h11-12H,4-10H2,1-3H3. The Kier molecular flexibility index (Phi) is 5.94. The minimum absolute atomic E-state index is 0.303. The Labute approximate surface area is 135 Å². The molecule has 1 saturated heterocycles. The van der Waals surface area contributed by atoms with E-state index in [1.165, 1.54) is 28.7 Å². The lowest BCUT2D eigenvalue weighted by molar-refractivity contribution is 0.172. The predicted octanol–water partition coefficient (Wildman–Crippen LogP) is 4.07. The van der Waals surface area contributed by atoms with E-state index < -0.39 is 0 Å². The second-order valence-electron chi connectivity index (χ2n) is 5.67. The van der Waals surface area contributed by atoms with Crippen LogP contribution in [0.15, 0.2) is 4.47 Å². The van der Waals surface area contributed by atoms with Gasteiger partial charge in [-0.2, -0.15) is 5.10 Å². The van der Waals surface area contributed by atoms with Crippen LogP contribution in [0.5, 0.6) is 0 Å². The third-order valence-electron chi connectivity index (χ3n) is 4.35. The highest BCUT2D eigenvalue weighted by Crippen LogP contribution is 2.28. The second kappa shape index (κ2) is 7.28. The van der Waals surface area contributed by atoms with Crippen LogP contribution in [0.4, 0.5) is 0 Å². The van der Waals surface area contributed by atoms with Gasteiger partial charge in [-0.15, -0.1) is 11.6 Å². The number of nitrogens with zero attached hydrogens (tertiary/aromatic N) is 3. The maximum absolute atomic E-state index is 6.22. The van der Waals surface area contributed by atoms with Crippen LogP contribution in [0, 0.1) is 5.92 Å². The van der Waals surface area contributed by atoms with Crippen molar-refractivity contribution >= 4 is 27.5 Å². The maximum Gasteiger partial charge on any atom is 0.0767 e. The zero-order valence-electron chi connectivity index (χ0n) is 12.7. The summed E-state index contributed by atoms with van der Waals surface area (Å²) in [4.78, 5) is 2.53. The fraction of sp³-hybridized carbons (Fsp3) is 0.800. The van der Waals surface area contributed by atoms with E-state index in [0.29, 0.717) is 11.3 Å². The number of hydrogen-bond donors (Lipinski definition) is 0. The Hall–Kier alpha value is -0.0600. The molecule has 5 heteroatoms. The van der Waals surface area contributed by atoms with Crippen molar-refractivity contribution in [2.24, 2.45) is 5.92 Å². The molecule has 0 aromatic carbocycles. The van der Waals surface area contributed by atoms with Gasteiger partial charge in [-0.25, -0.2) is 0 Å². The van der Waals surface area contributed by atoms with Gasteiger partial charge in [0.15, 0.2) is 0 Å². The summed E-state index contributed by atoms with van der Waals surface area (Å²) in [6.07, 6.45) is 3.40. The first kappa shape index (κ1) is 16.3. The van der Waals surface area contributed by atoms with Gasteiger partial charge in [-0.1, -0.05) is 6.92 Å². The Morgan fingerprint density at radius 3 is 2.50 bits per heavy atom. The molecule has 0 N–H and O–H groups in total. The number of rotatable bonds is 5. The molecular formula is C15H25BrClN3. The number of aromatic nitrogens is 2. The first-order valence-corrected chi connectivity index (χ1v) is 8.90. The Bertz CT molecular complexity index is 437. The van der Waals surface area contributed by atoms with Gasteiger partial charge in [0.05, 0.1) is 15.9 Å². The van der Waals surface area contributed by atoms with Gasteiger partial charge < -0.3 is 0 Å². The van der Waals surface area contributed by atoms with E-state index in [4.69, 9.17) is 11.6 Å². The van der Waals surface area contributed by atoms with Crippen molar-refractivity contribution in [3.8, 4) is 0 Å². The average molecular weight is 363 g/mol. The molecule has 0 saturated carbocycles. The minimum Gasteiger partial charge on any atom is -0.297 e. The molecule has 0 bridgehead atoms. The van der Waals surface area contributed by atoms with Crippen LogP contribution < -0.4 is 0 Å². The lowest BCUT2D eigenvalue weighted by Gasteiger charge is -2.33. The first-order valence-electron chi connectivity index (χ1n) is 7.67. The third kappa shape index (κ3) is 3.58. The van der Waals surface area contributed by atoms with Gasteiger partial charge in [0.25, 0.3) is 0 Å². The van der Waals surface area contributed by atoms with Crippen LogP contribution in [-0.2, 0) is 19.5 Å². The van der Waals surface area contributed by atoms with Gasteiger partial charge in [0.2, 0.25) is 0 Å². The molecule has 1 aromatic heterocycles. The van der Waals surface area contributed by atoms with Gasteiger partial charge >= 0.3 is 0 Å². The highest BCUT2D eigenvalue weighted by Gasteiger charge is 2.24. The van der Waals surface area contributed by atoms with Crippen molar-refractivity contribution in [3.63, 3.8) is 0 Å². The van der Waals surface area contributed by atoms with Crippen molar-refractivity contribution in [3.05, 3.63) is 15.9 Å². The van der Waals surface area contributed by atoms with Crippen molar-refractivity contribution in [1.29, 1.82) is 0 Å². The van der Waals surface area contributed by atoms with Crippen LogP contribution in [0.2, 0.25) is 0 Å². The molecule has 20 heavy (non-hydrogen) atoms. The second-order valence-corrected chi connectivity index (χ2v) is 7.15. The summed E-state index contributed by atoms with van der Waals surface area (Å²) in [5.41, 5.74) is 2.49. The smallest absolute Gasteiger partial charge is 0.0767 e. The van der Waals surface area contributed by atoms with Crippen molar-refractivity contribution < 1.29 is 0 Å². The number of piperidine rings is 1. The molecule has 3 nitrogen and oxygen atoms in total. The molecule has 0 amide bonds. The summed E-state index contributed by atoms with van der Waals surface area (Å²) in [7, 11) is 0. The number of hydrogen-bond acceptors (Lipinski definition) is 2. The Balaban J connectivity index is 2.02. The van der Waals surface area contributed by atoms with Crippen LogP contribution in [0.3, 0.4) is 0 Å². The topological polar surface area (TPSA) is 21.1 Å². The molecule has 1 aromatic rings. The number of aryl methyl sites for hydroxylation is 2. The largest absolute Gasteiger partial charge is 0.297 e. The monoisotopic (exact) mass is 361 g/mol. The third-order valence-corrected chi connectivity index (χ3v) is 5.62. The summed E-state index contributed by atoms with van der Waals surface area (Å²) < 4.78 is 3.34. The fourth-order valence-electron chi connectivity index (χ4n) is 2.95. The molecule has 0 aliphatic carbocycles. The molecule has 114 valence electrons. The first-order chi connectivity index (χ1) is 9.56. The zero-order chi connectivity index (χ0) is 14.7. The lowest BCUT2D eigenvalue weighted by atomic mass is 9.94. The molecule has 0 radical (unpaired) electrons. The minimum atomic E-state index is 0.303. The van der Waals surface area contributed by atoms with E-state index in [-0.39, 0.29) is 0 Å². The highest BCUT2D eigenvalue weighted by atomic mass is 79.9. The Morgan fingerprint density at radius 2 is 2.00 bits per heavy atom. The normalized spacial score (nSPS) is 19.4. The van der Waals surface area contributed by atoms with E-state index in [0.717, 1.165) is 32.6 Å². The van der Waals surface area contributed by atoms with Crippen LogP contribution in [-0.4, -0.2) is 33.1 Å². The van der Waals surface area contributed by atoms with Crippen molar-refractivity contribution in [2.45, 2.75) is 58.5 Å². The highest BCUT2D eigenvalue weighted by molar-refractivity contribution is 9.10. The van der Waals surface area contributed by atoms with Crippen LogP contribution in [0.1, 0.15) is 45.0 Å². The molecule has 0 spiro atoms. The molecule has 2 heterocycles. The van der Waals surface area contributed by atoms with Crippen LogP contribution in [0.25, 0.3) is 0 Å².